The van der Waals surface area contributed by atoms with Gasteiger partial charge in [0.2, 0.25) is 0 Å². The van der Waals surface area contributed by atoms with Gasteiger partial charge in [0.05, 0.1) is 6.54 Å². The van der Waals surface area contributed by atoms with Crippen LogP contribution in [-0.4, -0.2) is 24.8 Å². The Bertz CT molecular complexity index is 252. The highest BCUT2D eigenvalue weighted by atomic mass is 19.4. The van der Waals surface area contributed by atoms with E-state index in [2.05, 4.69) is 17.2 Å². The van der Waals surface area contributed by atoms with Crippen molar-refractivity contribution in [3.8, 4) is 11.8 Å². The second kappa shape index (κ2) is 6.77. The van der Waals surface area contributed by atoms with Crippen molar-refractivity contribution in [3.63, 3.8) is 0 Å². The van der Waals surface area contributed by atoms with E-state index in [9.17, 15) is 13.2 Å². The highest BCUT2D eigenvalue weighted by Gasteiger charge is 2.29. The van der Waals surface area contributed by atoms with E-state index in [0.29, 0.717) is 19.5 Å². The number of rotatable bonds is 6. The van der Waals surface area contributed by atoms with Crippen molar-refractivity contribution in [3.05, 3.63) is 0 Å². The van der Waals surface area contributed by atoms with Gasteiger partial charge in [0.1, 0.15) is 0 Å². The molecule has 0 saturated heterocycles. The normalized spacial score (nSPS) is 15.1. The van der Waals surface area contributed by atoms with E-state index >= 15 is 0 Å². The van der Waals surface area contributed by atoms with Crippen molar-refractivity contribution in [2.24, 2.45) is 5.73 Å². The monoisotopic (exact) mass is 236 g/mol. The minimum atomic E-state index is -4.08. The summed E-state index contributed by atoms with van der Waals surface area (Å²) in [4.78, 5) is 0. The first-order valence-corrected chi connectivity index (χ1v) is 5.24. The van der Waals surface area contributed by atoms with Crippen LogP contribution in [0.15, 0.2) is 0 Å². The van der Waals surface area contributed by atoms with Gasteiger partial charge in [-0.05, 0) is 26.7 Å². The summed E-state index contributed by atoms with van der Waals surface area (Å²) < 4.78 is 35.9. The number of hydrogen-bond donors (Lipinski definition) is 2. The zero-order chi connectivity index (χ0) is 12.7. The molecule has 0 aromatic carbocycles. The van der Waals surface area contributed by atoms with E-state index < -0.39 is 18.1 Å². The average Bonchev–Trinajstić information content (AvgIpc) is 2.16. The van der Waals surface area contributed by atoms with Gasteiger partial charge < -0.3 is 5.73 Å². The molecule has 0 bridgehead atoms. The number of hydrogen-bond acceptors (Lipinski definition) is 2. The first-order valence-electron chi connectivity index (χ1n) is 5.24. The molecule has 0 rings (SSSR count). The fourth-order valence-corrected chi connectivity index (χ4v) is 1.29. The Kier molecular flexibility index (Phi) is 6.46. The molecule has 0 radical (unpaired) electrons. The summed E-state index contributed by atoms with van der Waals surface area (Å²) in [6.07, 6.45) is -4.36. The predicted octanol–water partition coefficient (Wildman–Crippen LogP) is 2.05. The van der Waals surface area contributed by atoms with E-state index in [-0.39, 0.29) is 6.42 Å². The molecule has 0 fully saturated rings. The standard InChI is InChI=1S/C11H19F3N2/c1-3-4-8-16-10(2,9-15)6-5-7-11(12,13)14/h16H,5-9,15H2,1-2H3. The lowest BCUT2D eigenvalue weighted by Crippen LogP contribution is -2.48. The van der Waals surface area contributed by atoms with Crippen LogP contribution in [0.5, 0.6) is 0 Å². The maximum Gasteiger partial charge on any atom is 0.389 e. The van der Waals surface area contributed by atoms with Gasteiger partial charge in [0, 0.05) is 18.5 Å². The second-order valence-corrected chi connectivity index (χ2v) is 4.01. The third-order valence-corrected chi connectivity index (χ3v) is 2.42. The van der Waals surface area contributed by atoms with Crippen LogP contribution in [0.3, 0.4) is 0 Å². The number of nitrogens with one attached hydrogen (secondary N) is 1. The fourth-order valence-electron chi connectivity index (χ4n) is 1.29. The van der Waals surface area contributed by atoms with Gasteiger partial charge in [-0.15, -0.1) is 5.92 Å². The molecule has 3 N–H and O–H groups in total. The van der Waals surface area contributed by atoms with E-state index in [1.165, 1.54) is 0 Å². The number of nitrogens with two attached hydrogens (primary N) is 1. The molecule has 0 aromatic heterocycles. The first-order chi connectivity index (χ1) is 7.33. The van der Waals surface area contributed by atoms with Crippen LogP contribution >= 0.6 is 0 Å². The van der Waals surface area contributed by atoms with Gasteiger partial charge >= 0.3 is 6.18 Å². The molecule has 1 unspecified atom stereocenters. The molecule has 0 aliphatic carbocycles. The third-order valence-electron chi connectivity index (χ3n) is 2.42. The molecular weight excluding hydrogens is 217 g/mol. The summed E-state index contributed by atoms with van der Waals surface area (Å²) in [5, 5.41) is 3.07. The van der Waals surface area contributed by atoms with Gasteiger partial charge in [-0.1, -0.05) is 5.92 Å². The third kappa shape index (κ3) is 7.55. The summed E-state index contributed by atoms with van der Waals surface area (Å²) in [5.41, 5.74) is 5.08. The lowest BCUT2D eigenvalue weighted by molar-refractivity contribution is -0.136. The molecular formula is C11H19F3N2. The largest absolute Gasteiger partial charge is 0.389 e. The van der Waals surface area contributed by atoms with E-state index in [0.717, 1.165) is 0 Å². The SMILES string of the molecule is CC#CCNC(C)(CN)CCCC(F)(F)F. The summed E-state index contributed by atoms with van der Waals surface area (Å²) in [7, 11) is 0. The maximum atomic E-state index is 12.0. The summed E-state index contributed by atoms with van der Waals surface area (Å²) in [6.45, 7) is 4.29. The summed E-state index contributed by atoms with van der Waals surface area (Å²) in [5.74, 6) is 5.52. The first kappa shape index (κ1) is 15.3. The zero-order valence-electron chi connectivity index (χ0n) is 9.75. The van der Waals surface area contributed by atoms with Crippen molar-refractivity contribution >= 4 is 0 Å². The molecule has 0 aromatic rings. The lowest BCUT2D eigenvalue weighted by Gasteiger charge is -2.28. The molecule has 1 atom stereocenters. The minimum absolute atomic E-state index is 0.0871. The highest BCUT2D eigenvalue weighted by molar-refractivity contribution is 4.99. The molecule has 2 nitrogen and oxygen atoms in total. The van der Waals surface area contributed by atoms with Crippen molar-refractivity contribution in [2.75, 3.05) is 13.1 Å². The van der Waals surface area contributed by atoms with Crippen LogP contribution in [-0.2, 0) is 0 Å². The topological polar surface area (TPSA) is 38.0 Å². The van der Waals surface area contributed by atoms with Gasteiger partial charge in [-0.2, -0.15) is 13.2 Å². The predicted molar refractivity (Wildman–Crippen MR) is 58.8 cm³/mol. The second-order valence-electron chi connectivity index (χ2n) is 4.01. The van der Waals surface area contributed by atoms with Gasteiger partial charge in [0.15, 0.2) is 0 Å². The van der Waals surface area contributed by atoms with Gasteiger partial charge in [-0.25, -0.2) is 0 Å². The molecule has 0 saturated carbocycles. The van der Waals surface area contributed by atoms with Crippen molar-refractivity contribution in [1.82, 2.24) is 5.32 Å². The average molecular weight is 236 g/mol. The number of alkyl halides is 3. The maximum absolute atomic E-state index is 12.0. The van der Waals surface area contributed by atoms with Crippen molar-refractivity contribution in [1.29, 1.82) is 0 Å². The summed E-state index contributed by atoms with van der Waals surface area (Å²) in [6, 6.07) is 0. The smallest absolute Gasteiger partial charge is 0.329 e. The minimum Gasteiger partial charge on any atom is -0.329 e. The molecule has 16 heavy (non-hydrogen) atoms. The Morgan fingerprint density at radius 1 is 1.25 bits per heavy atom. The Balaban J connectivity index is 3.99. The van der Waals surface area contributed by atoms with E-state index in [1.807, 2.05) is 6.92 Å². The Labute approximate surface area is 94.8 Å². The van der Waals surface area contributed by atoms with Gasteiger partial charge in [0.25, 0.3) is 0 Å². The van der Waals surface area contributed by atoms with E-state index in [4.69, 9.17) is 5.73 Å². The quantitative estimate of drug-likeness (QED) is 0.693. The van der Waals surface area contributed by atoms with Crippen molar-refractivity contribution in [2.45, 2.75) is 44.8 Å². The van der Waals surface area contributed by atoms with Crippen LogP contribution in [0.4, 0.5) is 13.2 Å². The molecule has 0 aliphatic heterocycles. The molecule has 5 heteroatoms. The van der Waals surface area contributed by atoms with Crippen LogP contribution in [0, 0.1) is 11.8 Å². The Morgan fingerprint density at radius 2 is 1.88 bits per heavy atom. The van der Waals surface area contributed by atoms with Crippen LogP contribution in [0.1, 0.15) is 33.1 Å². The van der Waals surface area contributed by atoms with E-state index in [1.54, 1.807) is 6.92 Å². The molecule has 0 amide bonds. The lowest BCUT2D eigenvalue weighted by atomic mass is 9.95. The molecule has 94 valence electrons. The summed E-state index contributed by atoms with van der Waals surface area (Å²) >= 11 is 0. The number of halogens is 3. The van der Waals surface area contributed by atoms with Crippen LogP contribution < -0.4 is 11.1 Å². The Morgan fingerprint density at radius 3 is 2.31 bits per heavy atom. The fraction of sp³-hybridized carbons (Fsp3) is 0.818. The van der Waals surface area contributed by atoms with Crippen molar-refractivity contribution < 1.29 is 13.2 Å². The molecule has 0 spiro atoms. The van der Waals surface area contributed by atoms with Gasteiger partial charge in [-0.3, -0.25) is 5.32 Å². The van der Waals surface area contributed by atoms with Crippen LogP contribution in [0.2, 0.25) is 0 Å². The molecule has 0 aliphatic rings. The zero-order valence-corrected chi connectivity index (χ0v) is 9.75. The molecule has 0 heterocycles. The highest BCUT2D eigenvalue weighted by Crippen LogP contribution is 2.24. The Hall–Kier alpha value is -0.730. The van der Waals surface area contributed by atoms with Crippen LogP contribution in [0.25, 0.3) is 0 Å².